The van der Waals surface area contributed by atoms with Gasteiger partial charge >= 0.3 is 0 Å². The summed E-state index contributed by atoms with van der Waals surface area (Å²) in [7, 11) is 0. The highest BCUT2D eigenvalue weighted by atomic mass is 19.1. The molecule has 34 heavy (non-hydrogen) atoms. The summed E-state index contributed by atoms with van der Waals surface area (Å²) < 4.78 is 26.1. The highest BCUT2D eigenvalue weighted by Gasteiger charge is 2.29. The Hall–Kier alpha value is -3.94. The zero-order chi connectivity index (χ0) is 24.1. The molecule has 0 atom stereocenters. The van der Waals surface area contributed by atoms with Crippen LogP contribution in [0.25, 0.3) is 0 Å². The smallest absolute Gasteiger partial charge is 0.261 e. The third-order valence-electron chi connectivity index (χ3n) is 5.56. The van der Waals surface area contributed by atoms with Gasteiger partial charge in [0.15, 0.2) is 0 Å². The Morgan fingerprint density at radius 3 is 2.79 bits per heavy atom. The fourth-order valence-electron chi connectivity index (χ4n) is 3.83. The molecule has 0 saturated carbocycles. The molecule has 1 aromatic heterocycles. The van der Waals surface area contributed by atoms with Gasteiger partial charge in [-0.05, 0) is 36.6 Å². The summed E-state index contributed by atoms with van der Waals surface area (Å²) in [6, 6.07) is 11.9. The van der Waals surface area contributed by atoms with Crippen LogP contribution in [-0.4, -0.2) is 34.2 Å². The van der Waals surface area contributed by atoms with Crippen molar-refractivity contribution in [2.24, 2.45) is 0 Å². The van der Waals surface area contributed by atoms with E-state index in [1.54, 1.807) is 17.9 Å². The van der Waals surface area contributed by atoms with Crippen LogP contribution >= 0.6 is 0 Å². The number of anilines is 1. The lowest BCUT2D eigenvalue weighted by atomic mass is 10.1. The summed E-state index contributed by atoms with van der Waals surface area (Å²) in [5.74, 6) is 0.262. The molecular formula is C26H27FN4O3. The Balaban J connectivity index is 1.57. The van der Waals surface area contributed by atoms with E-state index in [1.165, 1.54) is 12.1 Å². The van der Waals surface area contributed by atoms with Crippen LogP contribution in [0, 0.1) is 12.7 Å². The molecule has 3 aromatic rings. The lowest BCUT2D eigenvalue weighted by Gasteiger charge is -2.25. The van der Waals surface area contributed by atoms with Crippen molar-refractivity contribution in [3.8, 4) is 5.75 Å². The largest absolute Gasteiger partial charge is 0.493 e. The molecule has 2 aromatic carbocycles. The Morgan fingerprint density at radius 2 is 2.06 bits per heavy atom. The minimum Gasteiger partial charge on any atom is -0.493 e. The molecule has 0 saturated heterocycles. The lowest BCUT2D eigenvalue weighted by Crippen LogP contribution is -2.35. The monoisotopic (exact) mass is 462 g/mol. The van der Waals surface area contributed by atoms with Gasteiger partial charge in [-0.1, -0.05) is 30.9 Å². The van der Waals surface area contributed by atoms with E-state index in [-0.39, 0.29) is 12.1 Å². The maximum Gasteiger partial charge on any atom is 0.261 e. The Kier molecular flexibility index (Phi) is 7.06. The Morgan fingerprint density at radius 1 is 1.24 bits per heavy atom. The number of rotatable bonds is 8. The van der Waals surface area contributed by atoms with Crippen LogP contribution in [0.3, 0.4) is 0 Å². The van der Waals surface area contributed by atoms with E-state index in [2.05, 4.69) is 23.4 Å². The normalized spacial score (nSPS) is 13.4. The highest BCUT2D eigenvalue weighted by molar-refractivity contribution is 6.07. The maximum absolute atomic E-state index is 15.0. The molecular weight excluding hydrogens is 435 g/mol. The van der Waals surface area contributed by atoms with Crippen molar-refractivity contribution in [2.45, 2.75) is 32.9 Å². The second-order valence-electron chi connectivity index (χ2n) is 8.08. The fourth-order valence-corrected chi connectivity index (χ4v) is 3.83. The molecule has 0 bridgehead atoms. The predicted octanol–water partition coefficient (Wildman–Crippen LogP) is 5.04. The highest BCUT2D eigenvalue weighted by Crippen LogP contribution is 2.31. The summed E-state index contributed by atoms with van der Waals surface area (Å²) in [5, 5.41) is 7.95. The summed E-state index contributed by atoms with van der Waals surface area (Å²) in [5.41, 5.74) is 2.28. The van der Waals surface area contributed by atoms with Gasteiger partial charge in [0, 0.05) is 30.9 Å². The van der Waals surface area contributed by atoms with E-state index in [9.17, 15) is 9.18 Å². The number of amides is 1. The number of aromatic nitrogens is 2. The van der Waals surface area contributed by atoms with Crippen molar-refractivity contribution < 1.29 is 18.3 Å². The molecule has 7 nitrogen and oxygen atoms in total. The van der Waals surface area contributed by atoms with Crippen LogP contribution in [0.2, 0.25) is 0 Å². The summed E-state index contributed by atoms with van der Waals surface area (Å²) in [6.45, 7) is 11.1. The number of ether oxygens (including phenoxy) is 1. The van der Waals surface area contributed by atoms with E-state index in [0.29, 0.717) is 48.6 Å². The molecule has 0 fully saturated rings. The van der Waals surface area contributed by atoms with Gasteiger partial charge in [-0.2, -0.15) is 0 Å². The molecule has 4 rings (SSSR count). The van der Waals surface area contributed by atoms with Crippen LogP contribution in [-0.2, 0) is 13.1 Å². The van der Waals surface area contributed by atoms with Gasteiger partial charge in [-0.25, -0.2) is 4.39 Å². The van der Waals surface area contributed by atoms with Gasteiger partial charge in [0.25, 0.3) is 5.91 Å². The van der Waals surface area contributed by atoms with E-state index in [4.69, 9.17) is 9.15 Å². The van der Waals surface area contributed by atoms with Crippen molar-refractivity contribution in [3.05, 3.63) is 96.1 Å². The number of benzene rings is 2. The van der Waals surface area contributed by atoms with Gasteiger partial charge < -0.3 is 19.0 Å². The topological polar surface area (TPSA) is 71.7 Å². The van der Waals surface area contributed by atoms with Crippen LogP contribution in [0.15, 0.2) is 71.8 Å². The molecule has 1 aliphatic heterocycles. The zero-order valence-electron chi connectivity index (χ0n) is 19.2. The molecule has 1 aliphatic rings. The Labute approximate surface area is 198 Å². The first-order valence-corrected chi connectivity index (χ1v) is 11.1. The van der Waals surface area contributed by atoms with Gasteiger partial charge in [0.05, 0.1) is 25.3 Å². The third kappa shape index (κ3) is 5.17. The van der Waals surface area contributed by atoms with E-state index < -0.39 is 11.7 Å². The van der Waals surface area contributed by atoms with Gasteiger partial charge in [0.2, 0.25) is 11.8 Å². The first-order valence-electron chi connectivity index (χ1n) is 11.1. The quantitative estimate of drug-likeness (QED) is 0.345. The zero-order valence-corrected chi connectivity index (χ0v) is 19.2. The van der Waals surface area contributed by atoms with Crippen LogP contribution in [0.5, 0.6) is 5.75 Å². The van der Waals surface area contributed by atoms with Crippen molar-refractivity contribution in [3.63, 3.8) is 0 Å². The molecule has 0 unspecified atom stereocenters. The molecule has 0 spiro atoms. The number of hydrogen-bond donors (Lipinski definition) is 0. The van der Waals surface area contributed by atoms with E-state index in [0.717, 1.165) is 18.4 Å². The molecule has 8 heteroatoms. The van der Waals surface area contributed by atoms with Crippen LogP contribution < -0.4 is 9.64 Å². The average molecular weight is 463 g/mol. The van der Waals surface area contributed by atoms with E-state index in [1.807, 2.05) is 35.2 Å². The number of para-hydroxylation sites is 1. The minimum atomic E-state index is -0.628. The maximum atomic E-state index is 15.0. The summed E-state index contributed by atoms with van der Waals surface area (Å²) >= 11 is 0. The SMILES string of the molecule is C=CCCCOc1ccc(C(=O)N2CC(=C)N(Cc3nnc(C)o3)Cc3ccccc32)c(F)c1. The van der Waals surface area contributed by atoms with Crippen molar-refractivity contribution in [2.75, 3.05) is 18.1 Å². The number of carbonyl (C=O) groups excluding carboxylic acids is 1. The summed E-state index contributed by atoms with van der Waals surface area (Å²) in [4.78, 5) is 17.0. The second kappa shape index (κ2) is 10.3. The third-order valence-corrected chi connectivity index (χ3v) is 5.56. The van der Waals surface area contributed by atoms with Crippen molar-refractivity contribution in [1.29, 1.82) is 0 Å². The number of halogens is 1. The number of fused-ring (bicyclic) bond motifs is 1. The van der Waals surface area contributed by atoms with Crippen LogP contribution in [0.1, 0.15) is 40.5 Å². The average Bonchev–Trinajstić information content (AvgIpc) is 3.18. The molecule has 0 aliphatic carbocycles. The standard InChI is InChI=1S/C26H27FN4O3/c1-4-5-8-13-33-21-11-12-22(23(27)14-21)26(32)31-15-18(2)30(17-25-29-28-19(3)34-25)16-20-9-6-7-10-24(20)31/h4,6-7,9-12,14H,1-2,5,8,13,15-17H2,3H3. The van der Waals surface area contributed by atoms with Crippen molar-refractivity contribution >= 4 is 11.6 Å². The fraction of sp³-hybridized carbons (Fsp3) is 0.269. The number of unbranched alkanes of at least 4 members (excludes halogenated alkanes) is 1. The van der Waals surface area contributed by atoms with Crippen LogP contribution in [0.4, 0.5) is 10.1 Å². The number of carbonyl (C=O) groups is 1. The number of aryl methyl sites for hydroxylation is 1. The lowest BCUT2D eigenvalue weighted by molar-refractivity contribution is 0.0984. The van der Waals surface area contributed by atoms with E-state index >= 15 is 0 Å². The minimum absolute atomic E-state index is 0.0259. The molecule has 1 amide bonds. The molecule has 0 radical (unpaired) electrons. The van der Waals surface area contributed by atoms with Gasteiger partial charge in [0.1, 0.15) is 11.6 Å². The molecule has 0 N–H and O–H groups in total. The molecule has 176 valence electrons. The second-order valence-corrected chi connectivity index (χ2v) is 8.08. The van der Waals surface area contributed by atoms with Crippen molar-refractivity contribution in [1.82, 2.24) is 15.1 Å². The van der Waals surface area contributed by atoms with Gasteiger partial charge in [-0.15, -0.1) is 16.8 Å². The number of hydrogen-bond acceptors (Lipinski definition) is 6. The Bertz CT molecular complexity index is 1210. The number of nitrogens with zero attached hydrogens (tertiary/aromatic N) is 4. The molecule has 2 heterocycles. The number of allylic oxidation sites excluding steroid dienone is 1. The first kappa shape index (κ1) is 23.2. The predicted molar refractivity (Wildman–Crippen MR) is 127 cm³/mol. The van der Waals surface area contributed by atoms with Gasteiger partial charge in [-0.3, -0.25) is 4.79 Å². The summed E-state index contributed by atoms with van der Waals surface area (Å²) in [6.07, 6.45) is 3.42. The first-order chi connectivity index (χ1) is 16.5.